The highest BCUT2D eigenvalue weighted by atomic mass is 19.3. The zero-order valence-electron chi connectivity index (χ0n) is 10.6. The SMILES string of the molecule is CC(C)C(C#N)NC(=O)c1ccccc1OC(F)F. The van der Waals surface area contributed by atoms with E-state index in [1.54, 1.807) is 13.8 Å². The second-order valence-electron chi connectivity index (χ2n) is 4.20. The van der Waals surface area contributed by atoms with E-state index < -0.39 is 18.6 Å². The van der Waals surface area contributed by atoms with Gasteiger partial charge < -0.3 is 10.1 Å². The van der Waals surface area contributed by atoms with Crippen molar-refractivity contribution < 1.29 is 18.3 Å². The van der Waals surface area contributed by atoms with Crippen LogP contribution in [-0.2, 0) is 0 Å². The van der Waals surface area contributed by atoms with E-state index in [4.69, 9.17) is 5.26 Å². The molecule has 0 bridgehead atoms. The number of rotatable bonds is 5. The largest absolute Gasteiger partial charge is 0.434 e. The van der Waals surface area contributed by atoms with Crippen molar-refractivity contribution in [3.05, 3.63) is 29.8 Å². The van der Waals surface area contributed by atoms with Crippen molar-refractivity contribution in [2.24, 2.45) is 5.92 Å². The molecule has 0 saturated carbocycles. The van der Waals surface area contributed by atoms with Crippen LogP contribution in [-0.4, -0.2) is 18.6 Å². The Hall–Kier alpha value is -2.16. The number of amides is 1. The van der Waals surface area contributed by atoms with Crippen LogP contribution in [0.5, 0.6) is 5.75 Å². The summed E-state index contributed by atoms with van der Waals surface area (Å²) in [5, 5.41) is 11.4. The minimum Gasteiger partial charge on any atom is -0.434 e. The van der Waals surface area contributed by atoms with Gasteiger partial charge >= 0.3 is 6.61 Å². The first-order chi connectivity index (χ1) is 8.95. The number of ether oxygens (including phenoxy) is 1. The first-order valence-corrected chi connectivity index (χ1v) is 5.70. The normalized spacial score (nSPS) is 12.1. The molecule has 1 aromatic rings. The number of alkyl halides is 2. The number of para-hydroxylation sites is 1. The molecule has 0 heterocycles. The van der Waals surface area contributed by atoms with E-state index in [1.165, 1.54) is 24.3 Å². The number of halogens is 2. The van der Waals surface area contributed by atoms with Gasteiger partial charge in [-0.25, -0.2) is 0 Å². The Morgan fingerprint density at radius 1 is 1.37 bits per heavy atom. The van der Waals surface area contributed by atoms with Crippen molar-refractivity contribution in [1.29, 1.82) is 5.26 Å². The first kappa shape index (κ1) is 14.9. The van der Waals surface area contributed by atoms with Crippen LogP contribution >= 0.6 is 0 Å². The second-order valence-corrected chi connectivity index (χ2v) is 4.20. The summed E-state index contributed by atoms with van der Waals surface area (Å²) in [4.78, 5) is 11.9. The number of hydrogen-bond acceptors (Lipinski definition) is 3. The molecule has 1 rings (SSSR count). The molecular formula is C13H14F2N2O2. The van der Waals surface area contributed by atoms with Crippen molar-refractivity contribution >= 4 is 5.91 Å². The van der Waals surface area contributed by atoms with E-state index in [1.807, 2.05) is 6.07 Å². The fraction of sp³-hybridized carbons (Fsp3) is 0.385. The molecule has 0 aliphatic rings. The predicted octanol–water partition coefficient (Wildman–Crippen LogP) is 2.57. The van der Waals surface area contributed by atoms with Crippen molar-refractivity contribution in [3.8, 4) is 11.8 Å². The highest BCUT2D eigenvalue weighted by Gasteiger charge is 2.20. The zero-order chi connectivity index (χ0) is 14.4. The summed E-state index contributed by atoms with van der Waals surface area (Å²) in [6, 6.07) is 6.91. The van der Waals surface area contributed by atoms with Crippen LogP contribution in [0.2, 0.25) is 0 Å². The van der Waals surface area contributed by atoms with Crippen molar-refractivity contribution in [3.63, 3.8) is 0 Å². The van der Waals surface area contributed by atoms with E-state index in [0.29, 0.717) is 0 Å². The third-order valence-corrected chi connectivity index (χ3v) is 2.44. The van der Waals surface area contributed by atoms with Gasteiger partial charge in [0.05, 0.1) is 11.6 Å². The van der Waals surface area contributed by atoms with E-state index in [0.717, 1.165) is 0 Å². The number of hydrogen-bond donors (Lipinski definition) is 1. The molecule has 1 N–H and O–H groups in total. The highest BCUT2D eigenvalue weighted by Crippen LogP contribution is 2.20. The van der Waals surface area contributed by atoms with E-state index in [-0.39, 0.29) is 17.2 Å². The van der Waals surface area contributed by atoms with Crippen molar-refractivity contribution in [2.75, 3.05) is 0 Å². The van der Waals surface area contributed by atoms with Gasteiger partial charge in [0.15, 0.2) is 0 Å². The van der Waals surface area contributed by atoms with Gasteiger partial charge in [-0.15, -0.1) is 0 Å². The summed E-state index contributed by atoms with van der Waals surface area (Å²) in [7, 11) is 0. The number of carbonyl (C=O) groups excluding carboxylic acids is 1. The quantitative estimate of drug-likeness (QED) is 0.892. The molecule has 19 heavy (non-hydrogen) atoms. The lowest BCUT2D eigenvalue weighted by atomic mass is 10.1. The molecule has 0 aliphatic carbocycles. The van der Waals surface area contributed by atoms with Crippen molar-refractivity contribution in [2.45, 2.75) is 26.5 Å². The minimum absolute atomic E-state index is 0.0244. The van der Waals surface area contributed by atoms with E-state index in [2.05, 4.69) is 10.1 Å². The molecule has 0 aliphatic heterocycles. The zero-order valence-corrected chi connectivity index (χ0v) is 10.6. The van der Waals surface area contributed by atoms with Crippen LogP contribution in [0.25, 0.3) is 0 Å². The fourth-order valence-corrected chi connectivity index (χ4v) is 1.42. The van der Waals surface area contributed by atoms with Gasteiger partial charge in [-0.05, 0) is 18.1 Å². The Morgan fingerprint density at radius 3 is 2.53 bits per heavy atom. The monoisotopic (exact) mass is 268 g/mol. The predicted molar refractivity (Wildman–Crippen MR) is 64.8 cm³/mol. The Labute approximate surface area is 110 Å². The maximum absolute atomic E-state index is 12.2. The Morgan fingerprint density at radius 2 is 2.00 bits per heavy atom. The topological polar surface area (TPSA) is 62.1 Å². The number of carbonyl (C=O) groups is 1. The lowest BCUT2D eigenvalue weighted by Crippen LogP contribution is -2.37. The van der Waals surface area contributed by atoms with Crippen LogP contribution in [0, 0.1) is 17.2 Å². The van der Waals surface area contributed by atoms with Crippen LogP contribution in [0.1, 0.15) is 24.2 Å². The number of nitrogens with zero attached hydrogens (tertiary/aromatic N) is 1. The van der Waals surface area contributed by atoms with Gasteiger partial charge in [0.1, 0.15) is 11.8 Å². The van der Waals surface area contributed by atoms with Gasteiger partial charge in [-0.1, -0.05) is 26.0 Å². The Kier molecular flexibility index (Phi) is 5.24. The maximum Gasteiger partial charge on any atom is 0.387 e. The lowest BCUT2D eigenvalue weighted by Gasteiger charge is -2.16. The molecule has 1 aromatic carbocycles. The molecule has 1 atom stereocenters. The molecule has 1 amide bonds. The van der Waals surface area contributed by atoms with Gasteiger partial charge in [-0.3, -0.25) is 4.79 Å². The minimum atomic E-state index is -3.01. The third kappa shape index (κ3) is 4.21. The van der Waals surface area contributed by atoms with Crippen LogP contribution in [0.4, 0.5) is 8.78 Å². The summed E-state index contributed by atoms with van der Waals surface area (Å²) in [5.74, 6) is -0.913. The van der Waals surface area contributed by atoms with Gasteiger partial charge in [0, 0.05) is 0 Å². The summed E-state index contributed by atoms with van der Waals surface area (Å²) in [6.45, 7) is 0.539. The second kappa shape index (κ2) is 6.69. The number of benzene rings is 1. The maximum atomic E-state index is 12.2. The number of nitrogens with one attached hydrogen (secondary N) is 1. The first-order valence-electron chi connectivity index (χ1n) is 5.70. The number of nitriles is 1. The molecule has 6 heteroatoms. The third-order valence-electron chi connectivity index (χ3n) is 2.44. The van der Waals surface area contributed by atoms with Crippen LogP contribution < -0.4 is 10.1 Å². The molecule has 4 nitrogen and oxygen atoms in total. The van der Waals surface area contributed by atoms with Gasteiger partial charge in [-0.2, -0.15) is 14.0 Å². The van der Waals surface area contributed by atoms with Crippen LogP contribution in [0.3, 0.4) is 0 Å². The Bertz CT molecular complexity index is 484. The van der Waals surface area contributed by atoms with Gasteiger partial charge in [0.2, 0.25) is 0 Å². The van der Waals surface area contributed by atoms with E-state index >= 15 is 0 Å². The summed E-state index contributed by atoms with van der Waals surface area (Å²) in [5.41, 5.74) is -0.0244. The van der Waals surface area contributed by atoms with Gasteiger partial charge in [0.25, 0.3) is 5.91 Å². The molecule has 0 saturated heterocycles. The average molecular weight is 268 g/mol. The Balaban J connectivity index is 2.91. The fourth-order valence-electron chi connectivity index (χ4n) is 1.42. The highest BCUT2D eigenvalue weighted by molar-refractivity contribution is 5.97. The molecule has 0 aromatic heterocycles. The average Bonchev–Trinajstić information content (AvgIpc) is 2.35. The van der Waals surface area contributed by atoms with Crippen LogP contribution in [0.15, 0.2) is 24.3 Å². The van der Waals surface area contributed by atoms with E-state index in [9.17, 15) is 13.6 Å². The summed E-state index contributed by atoms with van der Waals surface area (Å²) >= 11 is 0. The molecule has 0 spiro atoms. The lowest BCUT2D eigenvalue weighted by molar-refractivity contribution is -0.0501. The molecule has 102 valence electrons. The molecule has 0 radical (unpaired) electrons. The molecule has 0 fully saturated rings. The summed E-state index contributed by atoms with van der Waals surface area (Å²) < 4.78 is 28.7. The molecule has 1 unspecified atom stereocenters. The van der Waals surface area contributed by atoms with Crippen molar-refractivity contribution in [1.82, 2.24) is 5.32 Å². The summed E-state index contributed by atoms with van der Waals surface area (Å²) in [6.07, 6.45) is 0. The standard InChI is InChI=1S/C13H14F2N2O2/c1-8(2)10(7-16)17-12(18)9-5-3-4-6-11(9)19-13(14)15/h3-6,8,10,13H,1-2H3,(H,17,18). The molecular weight excluding hydrogens is 254 g/mol. The smallest absolute Gasteiger partial charge is 0.387 e.